The van der Waals surface area contributed by atoms with E-state index in [4.69, 9.17) is 9.52 Å². The number of para-hydroxylation sites is 1. The summed E-state index contributed by atoms with van der Waals surface area (Å²) in [6.07, 6.45) is 0.263. The summed E-state index contributed by atoms with van der Waals surface area (Å²) in [6, 6.07) is 8.44. The van der Waals surface area contributed by atoms with Gasteiger partial charge < -0.3 is 14.8 Å². The van der Waals surface area contributed by atoms with E-state index < -0.39 is 12.0 Å². The molecule has 2 N–H and O–H groups in total. The fourth-order valence-corrected chi connectivity index (χ4v) is 1.67. The van der Waals surface area contributed by atoms with E-state index in [2.05, 4.69) is 5.32 Å². The zero-order chi connectivity index (χ0) is 12.3. The van der Waals surface area contributed by atoms with Gasteiger partial charge in [0.05, 0.1) is 12.5 Å². The second-order valence-corrected chi connectivity index (χ2v) is 3.62. The van der Waals surface area contributed by atoms with Crippen molar-refractivity contribution in [2.24, 2.45) is 0 Å². The number of aliphatic carboxylic acids is 1. The number of furan rings is 1. The van der Waals surface area contributed by atoms with E-state index in [0.717, 1.165) is 5.39 Å². The molecule has 0 fully saturated rings. The molecule has 0 aliphatic carbocycles. The van der Waals surface area contributed by atoms with Crippen molar-refractivity contribution in [1.29, 1.82) is 0 Å². The minimum Gasteiger partial charge on any atom is -0.481 e. The molecule has 1 amide bonds. The topological polar surface area (TPSA) is 79.5 Å². The average molecular weight is 233 g/mol. The SMILES string of the molecule is O=CN[C@@H](CC(=O)O)c1cc2ccccc2o1. The second-order valence-electron chi connectivity index (χ2n) is 3.62. The summed E-state index contributed by atoms with van der Waals surface area (Å²) in [5.41, 5.74) is 0.672. The van der Waals surface area contributed by atoms with E-state index in [1.165, 1.54) is 0 Å². The van der Waals surface area contributed by atoms with Gasteiger partial charge in [0.25, 0.3) is 0 Å². The van der Waals surface area contributed by atoms with E-state index in [-0.39, 0.29) is 6.42 Å². The molecule has 88 valence electrons. The molecule has 5 heteroatoms. The molecule has 0 aliphatic heterocycles. The zero-order valence-electron chi connectivity index (χ0n) is 8.92. The third kappa shape index (κ3) is 2.44. The fraction of sp³-hybridized carbons (Fsp3) is 0.167. The molecular weight excluding hydrogens is 222 g/mol. The molecule has 2 aromatic rings. The molecule has 0 unspecified atom stereocenters. The van der Waals surface area contributed by atoms with Crippen LogP contribution in [0.3, 0.4) is 0 Å². The van der Waals surface area contributed by atoms with Gasteiger partial charge in [-0.3, -0.25) is 9.59 Å². The van der Waals surface area contributed by atoms with Crippen molar-refractivity contribution >= 4 is 23.3 Å². The molecule has 0 radical (unpaired) electrons. The van der Waals surface area contributed by atoms with Gasteiger partial charge in [-0.25, -0.2) is 0 Å². The zero-order valence-corrected chi connectivity index (χ0v) is 8.92. The van der Waals surface area contributed by atoms with Gasteiger partial charge in [-0.15, -0.1) is 0 Å². The highest BCUT2D eigenvalue weighted by molar-refractivity contribution is 5.78. The number of hydrogen-bond acceptors (Lipinski definition) is 3. The van der Waals surface area contributed by atoms with Crippen LogP contribution in [0.4, 0.5) is 0 Å². The van der Waals surface area contributed by atoms with Crippen LogP contribution in [0.2, 0.25) is 0 Å². The molecule has 0 saturated heterocycles. The van der Waals surface area contributed by atoms with E-state index in [1.807, 2.05) is 18.2 Å². The molecule has 5 nitrogen and oxygen atoms in total. The summed E-state index contributed by atoms with van der Waals surface area (Å²) >= 11 is 0. The largest absolute Gasteiger partial charge is 0.481 e. The lowest BCUT2D eigenvalue weighted by atomic mass is 10.1. The highest BCUT2D eigenvalue weighted by Gasteiger charge is 2.18. The summed E-state index contributed by atoms with van der Waals surface area (Å²) in [5, 5.41) is 12.1. The molecule has 0 aliphatic rings. The lowest BCUT2D eigenvalue weighted by molar-refractivity contribution is -0.137. The van der Waals surface area contributed by atoms with E-state index in [1.54, 1.807) is 12.1 Å². The van der Waals surface area contributed by atoms with Gasteiger partial charge >= 0.3 is 5.97 Å². The fourth-order valence-electron chi connectivity index (χ4n) is 1.67. The highest BCUT2D eigenvalue weighted by Crippen LogP contribution is 2.25. The number of benzene rings is 1. The second kappa shape index (κ2) is 4.69. The van der Waals surface area contributed by atoms with Crippen molar-refractivity contribution < 1.29 is 19.1 Å². The third-order valence-electron chi connectivity index (χ3n) is 2.44. The van der Waals surface area contributed by atoms with Gasteiger partial charge in [0.15, 0.2) is 0 Å². The molecule has 0 spiro atoms. The molecule has 17 heavy (non-hydrogen) atoms. The Balaban J connectivity index is 2.34. The standard InChI is InChI=1S/C12H11NO4/c14-7-13-9(6-12(15)16)11-5-8-3-1-2-4-10(8)17-11/h1-5,7,9H,6H2,(H,13,14)(H,15,16)/t9-/m0/s1. The van der Waals surface area contributed by atoms with Crippen molar-refractivity contribution in [1.82, 2.24) is 5.32 Å². The van der Waals surface area contributed by atoms with Crippen LogP contribution in [0.25, 0.3) is 11.0 Å². The first-order valence-corrected chi connectivity index (χ1v) is 5.10. The Morgan fingerprint density at radius 3 is 2.88 bits per heavy atom. The normalized spacial score (nSPS) is 12.2. The van der Waals surface area contributed by atoms with Crippen LogP contribution >= 0.6 is 0 Å². The summed E-state index contributed by atoms with van der Waals surface area (Å²) in [7, 11) is 0. The number of nitrogens with one attached hydrogen (secondary N) is 1. The molecule has 0 saturated carbocycles. The van der Waals surface area contributed by atoms with Crippen LogP contribution in [0, 0.1) is 0 Å². The molecule has 1 aromatic carbocycles. The number of carbonyl (C=O) groups is 2. The molecule has 1 aromatic heterocycles. The third-order valence-corrected chi connectivity index (χ3v) is 2.44. The number of amides is 1. The van der Waals surface area contributed by atoms with Gasteiger partial charge in [0, 0.05) is 5.39 Å². The first-order chi connectivity index (χ1) is 8.20. The van der Waals surface area contributed by atoms with E-state index in [0.29, 0.717) is 17.8 Å². The minimum absolute atomic E-state index is 0.210. The quantitative estimate of drug-likeness (QED) is 0.770. The maximum atomic E-state index is 10.7. The molecule has 0 bridgehead atoms. The van der Waals surface area contributed by atoms with Gasteiger partial charge in [-0.05, 0) is 12.1 Å². The monoisotopic (exact) mass is 233 g/mol. The number of carboxylic acids is 1. The Hall–Kier alpha value is -2.30. The van der Waals surface area contributed by atoms with Crippen molar-refractivity contribution in [2.75, 3.05) is 0 Å². The number of carbonyl (C=O) groups excluding carboxylic acids is 1. The number of fused-ring (bicyclic) bond motifs is 1. The summed E-state index contributed by atoms with van der Waals surface area (Å²) in [6.45, 7) is 0. The predicted molar refractivity (Wildman–Crippen MR) is 60.4 cm³/mol. The van der Waals surface area contributed by atoms with Crippen molar-refractivity contribution in [3.8, 4) is 0 Å². The summed E-state index contributed by atoms with van der Waals surface area (Å²) in [5.74, 6) is -0.550. The Labute approximate surface area is 97.0 Å². The van der Waals surface area contributed by atoms with Gasteiger partial charge in [-0.2, -0.15) is 0 Å². The summed E-state index contributed by atoms with van der Waals surface area (Å²) < 4.78 is 5.50. The first-order valence-electron chi connectivity index (χ1n) is 5.10. The molecule has 2 rings (SSSR count). The van der Waals surface area contributed by atoms with Gasteiger partial charge in [0.1, 0.15) is 11.3 Å². The molecule has 1 atom stereocenters. The van der Waals surface area contributed by atoms with Crippen molar-refractivity contribution in [3.05, 3.63) is 36.1 Å². The maximum absolute atomic E-state index is 10.7. The Kier molecular flexibility index (Phi) is 3.09. The van der Waals surface area contributed by atoms with Crippen molar-refractivity contribution in [3.63, 3.8) is 0 Å². The van der Waals surface area contributed by atoms with Crippen LogP contribution in [-0.4, -0.2) is 17.5 Å². The first kappa shape index (κ1) is 11.2. The van der Waals surface area contributed by atoms with Crippen LogP contribution < -0.4 is 5.32 Å². The number of carboxylic acid groups (broad SMARTS) is 1. The van der Waals surface area contributed by atoms with Crippen LogP contribution in [0.15, 0.2) is 34.7 Å². The number of hydrogen-bond donors (Lipinski definition) is 2. The Morgan fingerprint density at radius 2 is 2.24 bits per heavy atom. The summed E-state index contributed by atoms with van der Waals surface area (Å²) in [4.78, 5) is 21.1. The van der Waals surface area contributed by atoms with Crippen LogP contribution in [0.1, 0.15) is 18.2 Å². The number of rotatable bonds is 5. The smallest absolute Gasteiger partial charge is 0.305 e. The van der Waals surface area contributed by atoms with E-state index >= 15 is 0 Å². The minimum atomic E-state index is -0.996. The molecular formula is C12H11NO4. The molecule has 1 heterocycles. The van der Waals surface area contributed by atoms with E-state index in [9.17, 15) is 9.59 Å². The van der Waals surface area contributed by atoms with Crippen LogP contribution in [-0.2, 0) is 9.59 Å². The average Bonchev–Trinajstić information content (AvgIpc) is 2.71. The van der Waals surface area contributed by atoms with Crippen LogP contribution in [0.5, 0.6) is 0 Å². The lowest BCUT2D eigenvalue weighted by Crippen LogP contribution is -2.21. The Bertz CT molecular complexity index is 513. The highest BCUT2D eigenvalue weighted by atomic mass is 16.4. The maximum Gasteiger partial charge on any atom is 0.305 e. The Morgan fingerprint density at radius 1 is 1.47 bits per heavy atom. The lowest BCUT2D eigenvalue weighted by Gasteiger charge is -2.09. The van der Waals surface area contributed by atoms with Crippen molar-refractivity contribution in [2.45, 2.75) is 12.5 Å². The van der Waals surface area contributed by atoms with Gasteiger partial charge in [0.2, 0.25) is 6.41 Å². The van der Waals surface area contributed by atoms with Gasteiger partial charge in [-0.1, -0.05) is 18.2 Å². The predicted octanol–water partition coefficient (Wildman–Crippen LogP) is 1.69.